The fraction of sp³-hybridized carbons (Fsp3) is 0.280. The van der Waals surface area contributed by atoms with Crippen molar-refractivity contribution in [1.29, 1.82) is 5.26 Å². The molecule has 186 valence electrons. The maximum absolute atomic E-state index is 12.4. The van der Waals surface area contributed by atoms with Crippen molar-refractivity contribution in [2.45, 2.75) is 6.42 Å². The molecule has 3 aromatic rings. The highest BCUT2D eigenvalue weighted by atomic mass is 32.2. The van der Waals surface area contributed by atoms with E-state index in [2.05, 4.69) is 16.5 Å². The minimum atomic E-state index is -2.95. The van der Waals surface area contributed by atoms with Crippen molar-refractivity contribution in [1.82, 2.24) is 14.7 Å². The van der Waals surface area contributed by atoms with Gasteiger partial charge in [0.05, 0.1) is 28.8 Å². The van der Waals surface area contributed by atoms with Gasteiger partial charge in [0.1, 0.15) is 12.3 Å². The third kappa shape index (κ3) is 6.78. The quantitative estimate of drug-likeness (QED) is 0.513. The van der Waals surface area contributed by atoms with Gasteiger partial charge in [-0.05, 0) is 35.9 Å². The van der Waals surface area contributed by atoms with Crippen LogP contribution >= 0.6 is 0 Å². The number of ether oxygens (including phenoxy) is 1. The number of carbonyl (C=O) groups is 1. The lowest BCUT2D eigenvalue weighted by atomic mass is 10.1. The number of carbonyl (C=O) groups excluding carboxylic acids is 1. The number of nitriles is 1. The molecule has 1 fully saturated rings. The lowest BCUT2D eigenvalue weighted by Gasteiger charge is -2.26. The Hall–Kier alpha value is -4.01. The minimum Gasteiger partial charge on any atom is -0.448 e. The average Bonchev–Trinajstić information content (AvgIpc) is 2.86. The molecule has 1 saturated heterocycles. The summed E-state index contributed by atoms with van der Waals surface area (Å²) in [6.45, 7) is 1.49. The van der Waals surface area contributed by atoms with Crippen LogP contribution in [0.4, 0.5) is 10.5 Å². The zero-order valence-corrected chi connectivity index (χ0v) is 20.3. The number of benzene rings is 2. The van der Waals surface area contributed by atoms with E-state index in [0.717, 1.165) is 5.56 Å². The number of anilines is 1. The van der Waals surface area contributed by atoms with Gasteiger partial charge in [-0.1, -0.05) is 18.2 Å². The molecule has 0 atom stereocenters. The molecule has 1 amide bonds. The van der Waals surface area contributed by atoms with Crippen LogP contribution in [0.1, 0.15) is 16.8 Å². The number of nitrogens with zero attached hydrogens (tertiary/aromatic N) is 4. The normalized spacial score (nSPS) is 15.1. The summed E-state index contributed by atoms with van der Waals surface area (Å²) in [5.41, 5.74) is 2.55. The second-order valence-corrected chi connectivity index (χ2v) is 10.7. The highest BCUT2D eigenvalue weighted by Crippen LogP contribution is 2.14. The van der Waals surface area contributed by atoms with Gasteiger partial charge in [-0.2, -0.15) is 10.4 Å². The highest BCUT2D eigenvalue weighted by Gasteiger charge is 2.21. The van der Waals surface area contributed by atoms with E-state index in [1.165, 1.54) is 6.07 Å². The predicted octanol–water partition coefficient (Wildman–Crippen LogP) is 1.97. The summed E-state index contributed by atoms with van der Waals surface area (Å²) >= 11 is 0. The Labute approximate surface area is 208 Å². The largest absolute Gasteiger partial charge is 0.448 e. The van der Waals surface area contributed by atoms with Gasteiger partial charge in [-0.3, -0.25) is 15.0 Å². The molecule has 1 aromatic heterocycles. The Morgan fingerprint density at radius 2 is 1.89 bits per heavy atom. The van der Waals surface area contributed by atoms with E-state index in [9.17, 15) is 18.0 Å². The van der Waals surface area contributed by atoms with Crippen molar-refractivity contribution >= 4 is 21.6 Å². The highest BCUT2D eigenvalue weighted by molar-refractivity contribution is 7.91. The van der Waals surface area contributed by atoms with Crippen LogP contribution in [0, 0.1) is 11.3 Å². The van der Waals surface area contributed by atoms with Crippen molar-refractivity contribution in [3.05, 3.63) is 87.8 Å². The molecule has 0 radical (unpaired) electrons. The standard InChI is InChI=1S/C25H25N5O5S/c26-18-20-4-2-6-22(16-20)30-8-7-24(31)23(28-30)17-19-3-1-5-21(15-19)27-25(32)35-12-9-29-10-13-36(33,34)14-11-29/h1-8,15-16H,9-14,17H2,(H,27,32). The maximum Gasteiger partial charge on any atom is 0.411 e. The van der Waals surface area contributed by atoms with Crippen molar-refractivity contribution in [2.24, 2.45) is 0 Å². The molecule has 11 heteroatoms. The van der Waals surface area contributed by atoms with E-state index in [1.807, 2.05) is 11.0 Å². The summed E-state index contributed by atoms with van der Waals surface area (Å²) in [5, 5.41) is 16.2. The first-order valence-electron chi connectivity index (χ1n) is 11.4. The lowest BCUT2D eigenvalue weighted by molar-refractivity contribution is 0.142. The number of hydrogen-bond donors (Lipinski definition) is 1. The second-order valence-electron chi connectivity index (χ2n) is 8.36. The van der Waals surface area contributed by atoms with Gasteiger partial charge in [-0.15, -0.1) is 0 Å². The topological polar surface area (TPSA) is 134 Å². The van der Waals surface area contributed by atoms with E-state index in [1.54, 1.807) is 53.3 Å². The van der Waals surface area contributed by atoms with Gasteiger partial charge < -0.3 is 4.74 Å². The monoisotopic (exact) mass is 507 g/mol. The molecule has 0 unspecified atom stereocenters. The van der Waals surface area contributed by atoms with Gasteiger partial charge in [0, 0.05) is 44.0 Å². The van der Waals surface area contributed by atoms with Gasteiger partial charge in [0.25, 0.3) is 0 Å². The molecule has 0 bridgehead atoms. The molecule has 1 N–H and O–H groups in total. The number of hydrogen-bond acceptors (Lipinski definition) is 8. The number of rotatable bonds is 7. The van der Waals surface area contributed by atoms with Crippen LogP contribution in [0.15, 0.2) is 65.6 Å². The molecule has 1 aliphatic heterocycles. The van der Waals surface area contributed by atoms with Crippen LogP contribution in [0.5, 0.6) is 0 Å². The fourth-order valence-electron chi connectivity index (χ4n) is 3.78. The van der Waals surface area contributed by atoms with Gasteiger partial charge >= 0.3 is 6.09 Å². The van der Waals surface area contributed by atoms with Crippen molar-refractivity contribution in [2.75, 3.05) is 43.1 Å². The second kappa shape index (κ2) is 11.2. The SMILES string of the molecule is N#Cc1cccc(-n2ccc(=O)c(Cc3cccc(NC(=O)OCCN4CCS(=O)(=O)CC4)c3)n2)c1. The predicted molar refractivity (Wildman–Crippen MR) is 134 cm³/mol. The lowest BCUT2D eigenvalue weighted by Crippen LogP contribution is -2.42. The van der Waals surface area contributed by atoms with Crippen LogP contribution < -0.4 is 10.7 Å². The molecule has 36 heavy (non-hydrogen) atoms. The molecule has 2 aromatic carbocycles. The first-order chi connectivity index (χ1) is 17.3. The third-order valence-corrected chi connectivity index (χ3v) is 7.35. The molecule has 0 aliphatic carbocycles. The van der Waals surface area contributed by atoms with E-state index >= 15 is 0 Å². The molecular formula is C25H25N5O5S. The number of nitrogens with one attached hydrogen (secondary N) is 1. The van der Waals surface area contributed by atoms with Crippen LogP contribution in [0.3, 0.4) is 0 Å². The molecule has 1 aliphatic rings. The molecule has 4 rings (SSSR count). The molecular weight excluding hydrogens is 482 g/mol. The Morgan fingerprint density at radius 3 is 2.67 bits per heavy atom. The Morgan fingerprint density at radius 1 is 1.11 bits per heavy atom. The van der Waals surface area contributed by atoms with E-state index in [-0.39, 0.29) is 30.0 Å². The van der Waals surface area contributed by atoms with Crippen molar-refractivity contribution in [3.8, 4) is 11.8 Å². The van der Waals surface area contributed by atoms with Crippen molar-refractivity contribution in [3.63, 3.8) is 0 Å². The van der Waals surface area contributed by atoms with Crippen LogP contribution in [0.2, 0.25) is 0 Å². The van der Waals surface area contributed by atoms with Gasteiger partial charge in [0.2, 0.25) is 5.43 Å². The molecule has 2 heterocycles. The summed E-state index contributed by atoms with van der Waals surface area (Å²) in [4.78, 5) is 26.6. The summed E-state index contributed by atoms with van der Waals surface area (Å²) in [5.74, 6) is 0.249. The van der Waals surface area contributed by atoms with Crippen LogP contribution in [0.25, 0.3) is 5.69 Å². The first-order valence-corrected chi connectivity index (χ1v) is 13.2. The number of amides is 1. The summed E-state index contributed by atoms with van der Waals surface area (Å²) in [6, 6.07) is 17.5. The Bertz CT molecular complexity index is 1450. The van der Waals surface area contributed by atoms with E-state index in [0.29, 0.717) is 42.3 Å². The van der Waals surface area contributed by atoms with Crippen LogP contribution in [-0.4, -0.2) is 66.9 Å². The Kier molecular flexibility index (Phi) is 7.77. The van der Waals surface area contributed by atoms with Crippen molar-refractivity contribution < 1.29 is 17.9 Å². The first kappa shape index (κ1) is 25.1. The summed E-state index contributed by atoms with van der Waals surface area (Å²) in [6.07, 6.45) is 1.19. The number of aromatic nitrogens is 2. The molecule has 0 spiro atoms. The fourth-order valence-corrected chi connectivity index (χ4v) is 5.06. The maximum atomic E-state index is 12.4. The smallest absolute Gasteiger partial charge is 0.411 e. The third-order valence-electron chi connectivity index (χ3n) is 5.74. The minimum absolute atomic E-state index is 0.125. The summed E-state index contributed by atoms with van der Waals surface area (Å²) < 4.78 is 29.8. The van der Waals surface area contributed by atoms with E-state index in [4.69, 9.17) is 10.00 Å². The molecule has 10 nitrogen and oxygen atoms in total. The number of sulfone groups is 1. The summed E-state index contributed by atoms with van der Waals surface area (Å²) in [7, 11) is -2.95. The Balaban J connectivity index is 1.35. The zero-order chi connectivity index (χ0) is 25.5. The van der Waals surface area contributed by atoms with E-state index < -0.39 is 15.9 Å². The van der Waals surface area contributed by atoms with Crippen LogP contribution in [-0.2, 0) is 21.0 Å². The van der Waals surface area contributed by atoms with Gasteiger partial charge in [0.15, 0.2) is 9.84 Å². The molecule has 0 saturated carbocycles. The average molecular weight is 508 g/mol. The zero-order valence-electron chi connectivity index (χ0n) is 19.5. The van der Waals surface area contributed by atoms with Gasteiger partial charge in [-0.25, -0.2) is 17.9 Å².